The van der Waals surface area contributed by atoms with Crippen molar-refractivity contribution < 1.29 is 14.7 Å². The van der Waals surface area contributed by atoms with Crippen molar-refractivity contribution in [1.29, 1.82) is 0 Å². The number of rotatable bonds is 0. The summed E-state index contributed by atoms with van der Waals surface area (Å²) in [7, 11) is 0. The molecule has 0 bridgehead atoms. The van der Waals surface area contributed by atoms with Crippen LogP contribution in [0.25, 0.3) is 0 Å². The fourth-order valence-corrected chi connectivity index (χ4v) is 2.15. The van der Waals surface area contributed by atoms with Crippen LogP contribution in [-0.2, 0) is 0 Å². The summed E-state index contributed by atoms with van der Waals surface area (Å²) in [6.45, 7) is 1.80. The molecule has 1 N–H and O–H groups in total. The summed E-state index contributed by atoms with van der Waals surface area (Å²) in [6, 6.07) is 6.09. The number of phenols is 1. The van der Waals surface area contributed by atoms with Gasteiger partial charge in [-0.1, -0.05) is 6.07 Å². The minimum Gasteiger partial charge on any atom is -0.507 e. The maximum absolute atomic E-state index is 12.3. The van der Waals surface area contributed by atoms with E-state index in [0.29, 0.717) is 0 Å². The number of ketones is 2. The highest BCUT2D eigenvalue weighted by Gasteiger charge is 2.32. The highest BCUT2D eigenvalue weighted by molar-refractivity contribution is 6.28. The molecule has 0 atom stereocenters. The molecule has 4 heteroatoms. The van der Waals surface area contributed by atoms with E-state index in [1.54, 1.807) is 25.3 Å². The molecule has 1 aliphatic rings. The first-order valence-electron chi connectivity index (χ1n) is 5.47. The lowest BCUT2D eigenvalue weighted by Gasteiger charge is -2.17. The van der Waals surface area contributed by atoms with Gasteiger partial charge in [-0.25, -0.2) is 0 Å². The van der Waals surface area contributed by atoms with Gasteiger partial charge in [-0.15, -0.1) is 0 Å². The maximum Gasteiger partial charge on any atom is 0.212 e. The van der Waals surface area contributed by atoms with Gasteiger partial charge in [0.2, 0.25) is 5.78 Å². The van der Waals surface area contributed by atoms with Crippen molar-refractivity contribution in [1.82, 2.24) is 4.98 Å². The highest BCUT2D eigenvalue weighted by atomic mass is 16.3. The van der Waals surface area contributed by atoms with Gasteiger partial charge in [0.05, 0.1) is 11.1 Å². The van der Waals surface area contributed by atoms with Crippen LogP contribution in [0.4, 0.5) is 0 Å². The van der Waals surface area contributed by atoms with E-state index in [2.05, 4.69) is 4.98 Å². The van der Waals surface area contributed by atoms with Gasteiger partial charge < -0.3 is 5.11 Å². The Morgan fingerprint density at radius 1 is 1.11 bits per heavy atom. The molecule has 1 aromatic heterocycles. The smallest absolute Gasteiger partial charge is 0.212 e. The van der Waals surface area contributed by atoms with E-state index < -0.39 is 0 Å². The quantitative estimate of drug-likeness (QED) is 0.650. The Labute approximate surface area is 103 Å². The maximum atomic E-state index is 12.3. The number of aromatic hydroxyl groups is 1. The van der Waals surface area contributed by atoms with Crippen LogP contribution in [-0.4, -0.2) is 21.7 Å². The van der Waals surface area contributed by atoms with Gasteiger partial charge in [-0.3, -0.25) is 14.6 Å². The molecule has 1 heterocycles. The molecule has 1 aromatic carbocycles. The second-order valence-electron chi connectivity index (χ2n) is 4.27. The number of hydrogen-bond donors (Lipinski definition) is 1. The molecular formula is C14H9NO3. The number of hydrogen-bond acceptors (Lipinski definition) is 4. The first kappa shape index (κ1) is 10.7. The molecule has 2 aromatic rings. The summed E-state index contributed by atoms with van der Waals surface area (Å²) in [5.74, 6) is -0.845. The molecule has 0 amide bonds. The third-order valence-electron chi connectivity index (χ3n) is 3.00. The van der Waals surface area contributed by atoms with E-state index in [1.807, 2.05) is 0 Å². The Morgan fingerprint density at radius 3 is 2.67 bits per heavy atom. The number of nitrogens with zero attached hydrogens (tertiary/aromatic N) is 1. The van der Waals surface area contributed by atoms with Gasteiger partial charge in [0.15, 0.2) is 5.78 Å². The van der Waals surface area contributed by atoms with Crippen molar-refractivity contribution in [2.45, 2.75) is 6.92 Å². The number of aromatic nitrogens is 1. The molecule has 1 aliphatic carbocycles. The van der Waals surface area contributed by atoms with Gasteiger partial charge in [-0.2, -0.15) is 0 Å². The normalized spacial score (nSPS) is 13.2. The zero-order chi connectivity index (χ0) is 12.9. The Hall–Kier alpha value is -2.49. The van der Waals surface area contributed by atoms with Crippen molar-refractivity contribution in [3.8, 4) is 5.75 Å². The second kappa shape index (κ2) is 3.50. The van der Waals surface area contributed by atoms with E-state index in [9.17, 15) is 14.7 Å². The predicted molar refractivity (Wildman–Crippen MR) is 63.9 cm³/mol. The van der Waals surface area contributed by atoms with E-state index in [4.69, 9.17) is 0 Å². The Morgan fingerprint density at radius 2 is 1.89 bits per heavy atom. The topological polar surface area (TPSA) is 67.3 Å². The van der Waals surface area contributed by atoms with Crippen LogP contribution in [0.5, 0.6) is 5.75 Å². The standard InChI is InChI=1S/C14H9NO3/c1-7-5-9-12(15-6-7)14(18)8-3-2-4-10(16)11(8)13(9)17/h2-6,16H,1H3. The lowest BCUT2D eigenvalue weighted by Crippen LogP contribution is -2.22. The molecule has 0 saturated heterocycles. The Bertz CT molecular complexity index is 704. The van der Waals surface area contributed by atoms with Gasteiger partial charge in [0.25, 0.3) is 0 Å². The minimum atomic E-state index is -0.353. The van der Waals surface area contributed by atoms with Crippen LogP contribution in [0.2, 0.25) is 0 Å². The van der Waals surface area contributed by atoms with Gasteiger partial charge in [0.1, 0.15) is 11.4 Å². The molecule has 0 radical (unpaired) electrons. The van der Waals surface area contributed by atoms with Crippen molar-refractivity contribution in [2.24, 2.45) is 0 Å². The molecule has 0 fully saturated rings. The first-order chi connectivity index (χ1) is 8.59. The van der Waals surface area contributed by atoms with Crippen molar-refractivity contribution in [2.75, 3.05) is 0 Å². The Kier molecular flexibility index (Phi) is 2.07. The van der Waals surface area contributed by atoms with E-state index >= 15 is 0 Å². The number of benzene rings is 1. The zero-order valence-corrected chi connectivity index (χ0v) is 9.60. The lowest BCUT2D eigenvalue weighted by atomic mass is 9.86. The Balaban J connectivity index is 2.36. The molecule has 4 nitrogen and oxygen atoms in total. The number of carbonyl (C=O) groups is 2. The fraction of sp³-hybridized carbons (Fsp3) is 0.0714. The van der Waals surface area contributed by atoms with Crippen LogP contribution in [0.1, 0.15) is 37.5 Å². The minimum absolute atomic E-state index is 0.0717. The summed E-state index contributed by atoms with van der Waals surface area (Å²) in [5.41, 5.74) is 1.50. The molecule has 88 valence electrons. The molecule has 0 aliphatic heterocycles. The largest absolute Gasteiger partial charge is 0.507 e. The van der Waals surface area contributed by atoms with E-state index in [-0.39, 0.29) is 39.7 Å². The van der Waals surface area contributed by atoms with Crippen molar-refractivity contribution in [3.05, 3.63) is 58.4 Å². The van der Waals surface area contributed by atoms with Crippen LogP contribution < -0.4 is 0 Å². The molecule has 18 heavy (non-hydrogen) atoms. The molecule has 0 spiro atoms. The van der Waals surface area contributed by atoms with Crippen LogP contribution in [0.15, 0.2) is 30.5 Å². The monoisotopic (exact) mass is 239 g/mol. The van der Waals surface area contributed by atoms with Crippen LogP contribution in [0.3, 0.4) is 0 Å². The summed E-state index contributed by atoms with van der Waals surface area (Å²) < 4.78 is 0. The number of aryl methyl sites for hydroxylation is 1. The number of carbonyl (C=O) groups excluding carboxylic acids is 2. The third-order valence-corrected chi connectivity index (χ3v) is 3.00. The predicted octanol–water partition coefficient (Wildman–Crippen LogP) is 1.87. The second-order valence-corrected chi connectivity index (χ2v) is 4.27. The van der Waals surface area contributed by atoms with Crippen LogP contribution in [0, 0.1) is 6.92 Å². The van der Waals surface area contributed by atoms with Crippen molar-refractivity contribution >= 4 is 11.6 Å². The first-order valence-corrected chi connectivity index (χ1v) is 5.47. The molecule has 0 saturated carbocycles. The number of phenolic OH excluding ortho intramolecular Hbond substituents is 1. The van der Waals surface area contributed by atoms with Gasteiger partial charge >= 0.3 is 0 Å². The number of pyridine rings is 1. The average molecular weight is 239 g/mol. The van der Waals surface area contributed by atoms with Crippen LogP contribution >= 0.6 is 0 Å². The zero-order valence-electron chi connectivity index (χ0n) is 9.60. The molecule has 3 rings (SSSR count). The molecule has 0 unspecified atom stereocenters. The summed E-state index contributed by atoms with van der Waals surface area (Å²) in [6.07, 6.45) is 1.55. The lowest BCUT2D eigenvalue weighted by molar-refractivity contribution is 0.0973. The average Bonchev–Trinajstić information content (AvgIpc) is 2.35. The van der Waals surface area contributed by atoms with E-state index in [1.165, 1.54) is 12.1 Å². The fourth-order valence-electron chi connectivity index (χ4n) is 2.15. The van der Waals surface area contributed by atoms with Gasteiger partial charge in [-0.05, 0) is 30.7 Å². The summed E-state index contributed by atoms with van der Waals surface area (Å²) in [4.78, 5) is 28.5. The van der Waals surface area contributed by atoms with E-state index in [0.717, 1.165) is 5.56 Å². The summed E-state index contributed by atoms with van der Waals surface area (Å²) >= 11 is 0. The number of fused-ring (bicyclic) bond motifs is 2. The molecular weight excluding hydrogens is 230 g/mol. The van der Waals surface area contributed by atoms with Gasteiger partial charge in [0, 0.05) is 11.8 Å². The third kappa shape index (κ3) is 1.29. The highest BCUT2D eigenvalue weighted by Crippen LogP contribution is 2.31. The SMILES string of the molecule is Cc1cnc2c(c1)C(=O)c1c(O)cccc1C2=O. The summed E-state index contributed by atoms with van der Waals surface area (Å²) in [5, 5.41) is 9.75. The van der Waals surface area contributed by atoms with Crippen molar-refractivity contribution in [3.63, 3.8) is 0 Å².